The van der Waals surface area contributed by atoms with Gasteiger partial charge in [0.2, 0.25) is 21.8 Å². The second-order valence-electron chi connectivity index (χ2n) is 11.0. The summed E-state index contributed by atoms with van der Waals surface area (Å²) in [5.74, 6) is 0.408. The molecule has 1 atom stereocenters. The second kappa shape index (κ2) is 15.9. The fourth-order valence-electron chi connectivity index (χ4n) is 4.99. The van der Waals surface area contributed by atoms with Crippen molar-refractivity contribution in [3.8, 4) is 11.5 Å². The van der Waals surface area contributed by atoms with Crippen molar-refractivity contribution in [1.82, 2.24) is 10.2 Å². The van der Waals surface area contributed by atoms with Crippen LogP contribution in [0.25, 0.3) is 0 Å². The Kier molecular flexibility index (Phi) is 11.8. The number of benzene rings is 4. The van der Waals surface area contributed by atoms with Crippen LogP contribution in [0.5, 0.6) is 11.5 Å². The first-order valence-corrected chi connectivity index (χ1v) is 17.0. The molecule has 9 heteroatoms. The molecule has 0 heterocycles. The molecule has 236 valence electrons. The highest BCUT2D eigenvalue weighted by Crippen LogP contribution is 2.26. The minimum atomic E-state index is -3.88. The number of hydrogen-bond acceptors (Lipinski definition) is 5. The highest BCUT2D eigenvalue weighted by atomic mass is 32.2. The Labute approximate surface area is 266 Å². The maximum atomic E-state index is 14.3. The molecule has 1 N–H and O–H groups in total. The summed E-state index contributed by atoms with van der Waals surface area (Å²) in [6, 6.07) is 32.2. The molecule has 0 saturated carbocycles. The van der Waals surface area contributed by atoms with Crippen LogP contribution < -0.4 is 14.4 Å². The summed E-state index contributed by atoms with van der Waals surface area (Å²) in [5, 5.41) is 3.00. The van der Waals surface area contributed by atoms with Gasteiger partial charge in [-0.1, -0.05) is 91.7 Å². The Hall–Kier alpha value is -4.63. The monoisotopic (exact) mass is 627 g/mol. The number of hydrogen-bond donors (Lipinski definition) is 1. The van der Waals surface area contributed by atoms with Crippen molar-refractivity contribution in [3.05, 3.63) is 126 Å². The molecule has 0 spiro atoms. The summed E-state index contributed by atoms with van der Waals surface area (Å²) in [7, 11) is -3.88. The van der Waals surface area contributed by atoms with Crippen LogP contribution in [0.1, 0.15) is 36.5 Å². The molecule has 4 aromatic rings. The lowest BCUT2D eigenvalue weighted by Crippen LogP contribution is -2.53. The number of carbonyl (C=O) groups is 2. The fraction of sp³-hybridized carbons (Fsp3) is 0.278. The van der Waals surface area contributed by atoms with E-state index in [1.54, 1.807) is 24.3 Å². The first-order chi connectivity index (χ1) is 21.6. The molecule has 0 bridgehead atoms. The third-order valence-electron chi connectivity index (χ3n) is 7.32. The van der Waals surface area contributed by atoms with Gasteiger partial charge in [0.1, 0.15) is 24.1 Å². The summed E-state index contributed by atoms with van der Waals surface area (Å²) in [4.78, 5) is 29.5. The minimum absolute atomic E-state index is 0.140. The highest BCUT2D eigenvalue weighted by molar-refractivity contribution is 7.92. The normalized spacial score (nSPS) is 11.8. The number of nitrogens with zero attached hydrogens (tertiary/aromatic N) is 2. The maximum Gasteiger partial charge on any atom is 0.244 e. The van der Waals surface area contributed by atoms with E-state index in [9.17, 15) is 18.0 Å². The predicted octanol–water partition coefficient (Wildman–Crippen LogP) is 6.11. The Morgan fingerprint density at radius 3 is 2.07 bits per heavy atom. The first kappa shape index (κ1) is 33.3. The van der Waals surface area contributed by atoms with Crippen molar-refractivity contribution in [3.63, 3.8) is 0 Å². The minimum Gasteiger partial charge on any atom is -0.457 e. The predicted molar refractivity (Wildman–Crippen MR) is 179 cm³/mol. The van der Waals surface area contributed by atoms with E-state index in [4.69, 9.17) is 4.74 Å². The average Bonchev–Trinajstić information content (AvgIpc) is 3.02. The van der Waals surface area contributed by atoms with E-state index in [0.29, 0.717) is 23.7 Å². The van der Waals surface area contributed by atoms with Gasteiger partial charge in [0, 0.05) is 19.5 Å². The number of nitrogens with one attached hydrogen (secondary N) is 1. The number of amides is 2. The molecular weight excluding hydrogens is 586 g/mol. The number of carbonyl (C=O) groups excluding carboxylic acids is 2. The number of para-hydroxylation sites is 1. The lowest BCUT2D eigenvalue weighted by molar-refractivity contribution is -0.140. The molecule has 0 unspecified atom stereocenters. The van der Waals surface area contributed by atoms with Crippen LogP contribution in [0.3, 0.4) is 0 Å². The molecule has 8 nitrogen and oxygen atoms in total. The van der Waals surface area contributed by atoms with Crippen LogP contribution in [-0.4, -0.2) is 50.5 Å². The molecule has 0 aliphatic heterocycles. The van der Waals surface area contributed by atoms with Gasteiger partial charge >= 0.3 is 0 Å². The largest absolute Gasteiger partial charge is 0.457 e. The van der Waals surface area contributed by atoms with Gasteiger partial charge in [-0.2, -0.15) is 0 Å². The smallest absolute Gasteiger partial charge is 0.244 e. The van der Waals surface area contributed by atoms with Gasteiger partial charge in [0.05, 0.1) is 11.9 Å². The zero-order valence-electron chi connectivity index (χ0n) is 26.1. The lowest BCUT2D eigenvalue weighted by Gasteiger charge is -2.33. The Balaban J connectivity index is 1.66. The first-order valence-electron chi connectivity index (χ1n) is 15.1. The molecule has 0 aromatic heterocycles. The number of sulfonamides is 1. The highest BCUT2D eigenvalue weighted by Gasteiger charge is 2.33. The van der Waals surface area contributed by atoms with Gasteiger partial charge < -0.3 is 15.0 Å². The average molecular weight is 628 g/mol. The van der Waals surface area contributed by atoms with Gasteiger partial charge in [0.25, 0.3) is 0 Å². The van der Waals surface area contributed by atoms with E-state index in [2.05, 4.69) is 5.32 Å². The Morgan fingerprint density at radius 1 is 0.822 bits per heavy atom. The van der Waals surface area contributed by atoms with Gasteiger partial charge in [0.15, 0.2) is 0 Å². The van der Waals surface area contributed by atoms with Crippen molar-refractivity contribution in [2.75, 3.05) is 23.7 Å². The van der Waals surface area contributed by atoms with Crippen molar-refractivity contribution in [1.29, 1.82) is 0 Å². The van der Waals surface area contributed by atoms with Crippen LogP contribution in [0, 0.1) is 6.92 Å². The van der Waals surface area contributed by atoms with Gasteiger partial charge in [-0.3, -0.25) is 13.9 Å². The maximum absolute atomic E-state index is 14.3. The zero-order chi connectivity index (χ0) is 32.2. The molecular formula is C36H41N3O5S. The van der Waals surface area contributed by atoms with E-state index in [-0.39, 0.29) is 18.9 Å². The SMILES string of the molecule is CCCCNC(=O)[C@H](Cc1ccccc1)N(Cc1cccc(C)c1)C(=O)CN(c1ccc(Oc2ccccc2)cc1)S(C)(=O)=O. The van der Waals surface area contributed by atoms with Crippen molar-refractivity contribution in [2.45, 2.75) is 45.7 Å². The van der Waals surface area contributed by atoms with E-state index < -0.39 is 28.5 Å². The van der Waals surface area contributed by atoms with Gasteiger partial charge in [-0.15, -0.1) is 0 Å². The van der Waals surface area contributed by atoms with Crippen molar-refractivity contribution < 1.29 is 22.7 Å². The summed E-state index contributed by atoms with van der Waals surface area (Å²) < 4.78 is 33.1. The van der Waals surface area contributed by atoms with E-state index in [1.807, 2.05) is 98.8 Å². The Bertz CT molecular complexity index is 1650. The van der Waals surface area contributed by atoms with Crippen LogP contribution in [0.2, 0.25) is 0 Å². The number of unbranched alkanes of at least 4 members (excludes halogenated alkanes) is 1. The molecule has 0 radical (unpaired) electrons. The molecule has 2 amide bonds. The Morgan fingerprint density at radius 2 is 1.44 bits per heavy atom. The zero-order valence-corrected chi connectivity index (χ0v) is 26.9. The number of rotatable bonds is 15. The summed E-state index contributed by atoms with van der Waals surface area (Å²) in [6.07, 6.45) is 3.06. The lowest BCUT2D eigenvalue weighted by atomic mass is 10.0. The quantitative estimate of drug-likeness (QED) is 0.161. The molecule has 45 heavy (non-hydrogen) atoms. The standard InChI is InChI=1S/C36H41N3O5S/c1-4-5-23-37-36(41)34(25-29-14-8-6-9-15-29)38(26-30-16-12-13-28(2)24-30)35(40)27-39(45(3,42)43)31-19-21-33(22-20-31)44-32-17-10-7-11-18-32/h6-22,24,34H,4-5,23,25-27H2,1-3H3,(H,37,41)/t34-/m0/s1. The molecule has 0 saturated heterocycles. The number of ether oxygens (including phenoxy) is 1. The number of aryl methyl sites for hydroxylation is 1. The second-order valence-corrected chi connectivity index (χ2v) is 12.9. The van der Waals surface area contributed by atoms with Crippen molar-refractivity contribution in [2.24, 2.45) is 0 Å². The van der Waals surface area contributed by atoms with E-state index >= 15 is 0 Å². The van der Waals surface area contributed by atoms with E-state index in [1.165, 1.54) is 4.90 Å². The topological polar surface area (TPSA) is 96.0 Å². The molecule has 0 fully saturated rings. The molecule has 4 rings (SSSR count). The molecule has 0 aliphatic rings. The molecule has 0 aliphatic carbocycles. The third kappa shape index (κ3) is 9.94. The summed E-state index contributed by atoms with van der Waals surface area (Å²) >= 11 is 0. The van der Waals surface area contributed by atoms with Crippen LogP contribution in [0.15, 0.2) is 109 Å². The number of anilines is 1. The van der Waals surface area contributed by atoms with E-state index in [0.717, 1.165) is 40.1 Å². The van der Waals surface area contributed by atoms with Crippen LogP contribution >= 0.6 is 0 Å². The van der Waals surface area contributed by atoms with Gasteiger partial charge in [-0.05, 0) is 60.9 Å². The van der Waals surface area contributed by atoms with Gasteiger partial charge in [-0.25, -0.2) is 8.42 Å². The third-order valence-corrected chi connectivity index (χ3v) is 8.46. The summed E-state index contributed by atoms with van der Waals surface area (Å²) in [5.41, 5.74) is 3.07. The fourth-order valence-corrected chi connectivity index (χ4v) is 5.84. The van der Waals surface area contributed by atoms with Crippen LogP contribution in [-0.2, 0) is 32.6 Å². The van der Waals surface area contributed by atoms with Crippen molar-refractivity contribution >= 4 is 27.5 Å². The summed E-state index contributed by atoms with van der Waals surface area (Å²) in [6.45, 7) is 4.16. The molecule has 4 aromatic carbocycles. The van der Waals surface area contributed by atoms with Crippen LogP contribution in [0.4, 0.5) is 5.69 Å².